The lowest BCUT2D eigenvalue weighted by molar-refractivity contribution is -0.116. The highest BCUT2D eigenvalue weighted by Gasteiger charge is 2.45. The molecular weight excluding hydrogens is 248 g/mol. The molecule has 1 aromatic carbocycles. The summed E-state index contributed by atoms with van der Waals surface area (Å²) in [5, 5.41) is 8.44. The number of ketones is 1. The van der Waals surface area contributed by atoms with Gasteiger partial charge in [-0.05, 0) is 54.5 Å². The molecule has 0 unspecified atom stereocenters. The number of carbonyl (C=O) groups excluding carboxylic acids is 1. The first-order chi connectivity index (χ1) is 9.66. The van der Waals surface area contributed by atoms with E-state index >= 15 is 0 Å². The third kappa shape index (κ3) is 1.30. The van der Waals surface area contributed by atoms with Gasteiger partial charge in [0.25, 0.3) is 0 Å². The number of aromatic amines is 1. The first-order valence-electron chi connectivity index (χ1n) is 7.36. The van der Waals surface area contributed by atoms with Gasteiger partial charge < -0.3 is 0 Å². The highest BCUT2D eigenvalue weighted by atomic mass is 16.1. The van der Waals surface area contributed by atoms with Crippen molar-refractivity contribution >= 4 is 22.3 Å². The summed E-state index contributed by atoms with van der Waals surface area (Å²) in [5.41, 5.74) is 6.23. The summed E-state index contributed by atoms with van der Waals surface area (Å²) in [7, 11) is 0. The Kier molecular flexibility index (Phi) is 2.27. The number of nitrogens with one attached hydrogen (secondary N) is 1. The van der Waals surface area contributed by atoms with Crippen molar-refractivity contribution in [3.63, 3.8) is 0 Å². The van der Waals surface area contributed by atoms with Gasteiger partial charge in [0, 0.05) is 17.2 Å². The van der Waals surface area contributed by atoms with Gasteiger partial charge in [-0.2, -0.15) is 5.10 Å². The van der Waals surface area contributed by atoms with Crippen LogP contribution < -0.4 is 0 Å². The molecule has 1 atom stereocenters. The van der Waals surface area contributed by atoms with Crippen LogP contribution in [0.2, 0.25) is 0 Å². The normalized spacial score (nSPS) is 25.2. The van der Waals surface area contributed by atoms with Crippen LogP contribution in [0.15, 0.2) is 23.9 Å². The maximum Gasteiger partial charge on any atom is 0.158 e. The van der Waals surface area contributed by atoms with Crippen molar-refractivity contribution in [2.24, 2.45) is 5.41 Å². The molecule has 2 aliphatic carbocycles. The fourth-order valence-corrected chi connectivity index (χ4v) is 4.18. The van der Waals surface area contributed by atoms with Crippen LogP contribution in [0, 0.1) is 5.41 Å². The molecule has 3 nitrogen and oxygen atoms in total. The summed E-state index contributed by atoms with van der Waals surface area (Å²) in [5.74, 6) is 0.323. The summed E-state index contributed by atoms with van der Waals surface area (Å²) in [6.07, 6.45) is 5.76. The van der Waals surface area contributed by atoms with Crippen LogP contribution in [0.25, 0.3) is 16.5 Å². The van der Waals surface area contributed by atoms with Crippen molar-refractivity contribution in [2.75, 3.05) is 0 Å². The van der Waals surface area contributed by atoms with Gasteiger partial charge in [-0.25, -0.2) is 0 Å². The fourth-order valence-electron chi connectivity index (χ4n) is 4.18. The Balaban J connectivity index is 2.07. The van der Waals surface area contributed by atoms with E-state index in [4.69, 9.17) is 0 Å². The zero-order valence-electron chi connectivity index (χ0n) is 11.9. The fraction of sp³-hybridized carbons (Fsp3) is 0.412. The molecule has 4 rings (SSSR count). The van der Waals surface area contributed by atoms with Crippen LogP contribution in [0.1, 0.15) is 44.2 Å². The van der Waals surface area contributed by atoms with Gasteiger partial charge >= 0.3 is 0 Å². The Morgan fingerprint density at radius 3 is 3.05 bits per heavy atom. The Hall–Kier alpha value is -1.90. The van der Waals surface area contributed by atoms with Crippen molar-refractivity contribution in [1.29, 1.82) is 0 Å². The standard InChI is InChI=1S/C17H18N2O/c1-3-17-7-6-15(20)10(2)16(17)11-4-5-14-13(9-18-19-14)12(11)8-17/h4-5,9H,3,6-8H2,1-2H3,(H,18,19)/t17-/m0/s1. The molecule has 0 fully saturated rings. The van der Waals surface area contributed by atoms with Gasteiger partial charge in [0.1, 0.15) is 0 Å². The molecule has 3 heteroatoms. The predicted molar refractivity (Wildman–Crippen MR) is 79.4 cm³/mol. The Labute approximate surface area is 118 Å². The molecule has 0 saturated carbocycles. The van der Waals surface area contributed by atoms with Crippen LogP contribution in [0.3, 0.4) is 0 Å². The zero-order valence-corrected chi connectivity index (χ0v) is 11.9. The van der Waals surface area contributed by atoms with Crippen molar-refractivity contribution in [3.8, 4) is 0 Å². The van der Waals surface area contributed by atoms with E-state index in [1.165, 1.54) is 22.1 Å². The molecule has 0 bridgehead atoms. The number of Topliss-reactive ketones (excluding diaryl/α,β-unsaturated/α-hetero) is 1. The summed E-state index contributed by atoms with van der Waals surface area (Å²) in [6, 6.07) is 4.26. The van der Waals surface area contributed by atoms with E-state index in [2.05, 4.69) is 29.3 Å². The number of nitrogens with zero attached hydrogens (tertiary/aromatic N) is 1. The number of carbonyl (C=O) groups is 1. The lowest BCUT2D eigenvalue weighted by Gasteiger charge is -2.34. The molecule has 0 saturated heterocycles. The minimum Gasteiger partial charge on any atom is -0.295 e. The first-order valence-corrected chi connectivity index (χ1v) is 7.36. The molecule has 102 valence electrons. The lowest BCUT2D eigenvalue weighted by Crippen LogP contribution is -2.27. The second kappa shape index (κ2) is 3.81. The summed E-state index contributed by atoms with van der Waals surface area (Å²) in [4.78, 5) is 12.1. The molecule has 2 aliphatic rings. The van der Waals surface area contributed by atoms with Gasteiger partial charge in [-0.15, -0.1) is 0 Å². The number of aromatic nitrogens is 2. The van der Waals surface area contributed by atoms with Crippen LogP contribution in [-0.2, 0) is 11.2 Å². The van der Waals surface area contributed by atoms with Gasteiger partial charge in [0.05, 0.1) is 11.7 Å². The molecule has 0 spiro atoms. The third-order valence-electron chi connectivity index (χ3n) is 5.35. The molecule has 1 aromatic heterocycles. The van der Waals surface area contributed by atoms with Crippen LogP contribution in [0.4, 0.5) is 0 Å². The van der Waals surface area contributed by atoms with E-state index in [9.17, 15) is 4.79 Å². The number of benzene rings is 1. The van der Waals surface area contributed by atoms with Gasteiger partial charge in [0.15, 0.2) is 5.78 Å². The number of rotatable bonds is 1. The minimum atomic E-state index is 0.172. The Morgan fingerprint density at radius 2 is 2.25 bits per heavy atom. The van der Waals surface area contributed by atoms with E-state index in [-0.39, 0.29) is 5.41 Å². The number of allylic oxidation sites excluding steroid dienone is 2. The number of hydrogen-bond acceptors (Lipinski definition) is 2. The largest absolute Gasteiger partial charge is 0.295 e. The summed E-state index contributed by atoms with van der Waals surface area (Å²) in [6.45, 7) is 4.26. The molecule has 0 amide bonds. The average molecular weight is 266 g/mol. The van der Waals surface area contributed by atoms with E-state index in [0.29, 0.717) is 12.2 Å². The van der Waals surface area contributed by atoms with Crippen molar-refractivity contribution in [3.05, 3.63) is 35.0 Å². The van der Waals surface area contributed by atoms with Crippen LogP contribution >= 0.6 is 0 Å². The van der Waals surface area contributed by atoms with Gasteiger partial charge in [-0.1, -0.05) is 13.0 Å². The average Bonchev–Trinajstić information content (AvgIpc) is 3.05. The van der Waals surface area contributed by atoms with Crippen LogP contribution in [0.5, 0.6) is 0 Å². The van der Waals surface area contributed by atoms with E-state index in [0.717, 1.165) is 30.4 Å². The molecule has 0 aliphatic heterocycles. The van der Waals surface area contributed by atoms with E-state index in [1.54, 1.807) is 0 Å². The van der Waals surface area contributed by atoms with Crippen molar-refractivity contribution in [1.82, 2.24) is 10.2 Å². The van der Waals surface area contributed by atoms with Crippen LogP contribution in [-0.4, -0.2) is 16.0 Å². The highest BCUT2D eigenvalue weighted by molar-refractivity contribution is 6.07. The SMILES string of the molecule is CC[C@@]12CCC(=O)C(C)=C1c1ccc3[nH]ncc3c1C2. The maximum atomic E-state index is 12.1. The molecule has 0 radical (unpaired) electrons. The van der Waals surface area contributed by atoms with E-state index < -0.39 is 0 Å². The smallest absolute Gasteiger partial charge is 0.158 e. The highest BCUT2D eigenvalue weighted by Crippen LogP contribution is 2.56. The second-order valence-electron chi connectivity index (χ2n) is 6.16. The maximum absolute atomic E-state index is 12.1. The minimum absolute atomic E-state index is 0.172. The Morgan fingerprint density at radius 1 is 1.40 bits per heavy atom. The second-order valence-corrected chi connectivity index (χ2v) is 6.16. The first kappa shape index (κ1) is 11.9. The molecule has 2 aromatic rings. The van der Waals surface area contributed by atoms with Crippen molar-refractivity contribution in [2.45, 2.75) is 39.5 Å². The van der Waals surface area contributed by atoms with Gasteiger partial charge in [-0.3, -0.25) is 9.89 Å². The number of hydrogen-bond donors (Lipinski definition) is 1. The molecule has 1 N–H and O–H groups in total. The van der Waals surface area contributed by atoms with Crippen molar-refractivity contribution < 1.29 is 4.79 Å². The molecule has 1 heterocycles. The topological polar surface area (TPSA) is 45.8 Å². The summed E-state index contributed by atoms with van der Waals surface area (Å²) < 4.78 is 0. The lowest BCUT2D eigenvalue weighted by atomic mass is 9.68. The quantitative estimate of drug-likeness (QED) is 0.856. The molecular formula is C17H18N2O. The van der Waals surface area contributed by atoms with Gasteiger partial charge in [0.2, 0.25) is 0 Å². The van der Waals surface area contributed by atoms with E-state index in [1.807, 2.05) is 13.1 Å². The predicted octanol–water partition coefficient (Wildman–Crippen LogP) is 3.65. The molecule has 20 heavy (non-hydrogen) atoms. The summed E-state index contributed by atoms with van der Waals surface area (Å²) >= 11 is 0. The third-order valence-corrected chi connectivity index (χ3v) is 5.35. The monoisotopic (exact) mass is 266 g/mol. The number of H-pyrrole nitrogens is 1. The Bertz CT molecular complexity index is 768. The number of fused-ring (bicyclic) bond motifs is 5. The zero-order chi connectivity index (χ0) is 13.9.